The van der Waals surface area contributed by atoms with Crippen molar-refractivity contribution in [2.45, 2.75) is 13.0 Å². The molecular formula is C18H27N3O4. The van der Waals surface area contributed by atoms with Gasteiger partial charge in [-0.25, -0.2) is 0 Å². The van der Waals surface area contributed by atoms with E-state index in [0.717, 1.165) is 12.1 Å². The molecule has 0 aromatic heterocycles. The van der Waals surface area contributed by atoms with Gasteiger partial charge in [-0.05, 0) is 31.8 Å². The predicted molar refractivity (Wildman–Crippen MR) is 94.6 cm³/mol. The van der Waals surface area contributed by atoms with E-state index in [0.29, 0.717) is 31.1 Å². The fourth-order valence-corrected chi connectivity index (χ4v) is 2.85. The van der Waals surface area contributed by atoms with Gasteiger partial charge in [0.15, 0.2) is 11.5 Å². The van der Waals surface area contributed by atoms with Crippen LogP contribution in [0.3, 0.4) is 0 Å². The lowest BCUT2D eigenvalue weighted by Crippen LogP contribution is -2.36. The lowest BCUT2D eigenvalue weighted by atomic mass is 10.1. The number of amides is 2. The van der Waals surface area contributed by atoms with Crippen LogP contribution in [0.15, 0.2) is 18.2 Å². The summed E-state index contributed by atoms with van der Waals surface area (Å²) < 4.78 is 10.5. The van der Waals surface area contributed by atoms with Crippen LogP contribution < -0.4 is 14.8 Å². The van der Waals surface area contributed by atoms with E-state index >= 15 is 0 Å². The lowest BCUT2D eigenvalue weighted by molar-refractivity contribution is -0.129. The fourth-order valence-electron chi connectivity index (χ4n) is 2.85. The topological polar surface area (TPSA) is 71.1 Å². The van der Waals surface area contributed by atoms with E-state index < -0.39 is 0 Å². The summed E-state index contributed by atoms with van der Waals surface area (Å²) in [7, 11) is 7.07. The third kappa shape index (κ3) is 5.09. The summed E-state index contributed by atoms with van der Waals surface area (Å²) in [5.41, 5.74) is 0.944. The molecule has 0 spiro atoms. The van der Waals surface area contributed by atoms with E-state index in [1.54, 1.807) is 19.1 Å². The number of carbonyl (C=O) groups is 2. The molecule has 7 heteroatoms. The molecule has 1 heterocycles. The number of hydrogen-bond donors (Lipinski definition) is 1. The van der Waals surface area contributed by atoms with Crippen LogP contribution in [0.25, 0.3) is 0 Å². The molecule has 138 valence electrons. The molecule has 0 aliphatic carbocycles. The van der Waals surface area contributed by atoms with Crippen molar-refractivity contribution in [2.75, 3.05) is 47.9 Å². The maximum atomic E-state index is 12.2. The first-order chi connectivity index (χ1) is 11.9. The largest absolute Gasteiger partial charge is 0.493 e. The average molecular weight is 349 g/mol. The molecule has 1 N–H and O–H groups in total. The Hall–Kier alpha value is -2.28. The van der Waals surface area contributed by atoms with Gasteiger partial charge in [-0.2, -0.15) is 0 Å². The minimum Gasteiger partial charge on any atom is -0.493 e. The summed E-state index contributed by atoms with van der Waals surface area (Å²) in [5, 5.41) is 2.90. The van der Waals surface area contributed by atoms with E-state index in [2.05, 4.69) is 5.32 Å². The van der Waals surface area contributed by atoms with Gasteiger partial charge in [0.1, 0.15) is 0 Å². The third-order valence-electron chi connectivity index (χ3n) is 4.26. The van der Waals surface area contributed by atoms with Crippen LogP contribution in [-0.2, 0) is 16.1 Å². The Morgan fingerprint density at radius 1 is 1.28 bits per heavy atom. The maximum Gasteiger partial charge on any atom is 0.225 e. The molecule has 2 amide bonds. The van der Waals surface area contributed by atoms with Crippen molar-refractivity contribution in [3.63, 3.8) is 0 Å². The zero-order valence-corrected chi connectivity index (χ0v) is 15.4. The molecule has 0 radical (unpaired) electrons. The molecule has 2 rings (SSSR count). The molecule has 25 heavy (non-hydrogen) atoms. The van der Waals surface area contributed by atoms with Crippen molar-refractivity contribution >= 4 is 11.8 Å². The molecule has 7 nitrogen and oxygen atoms in total. The maximum absolute atomic E-state index is 12.2. The molecule has 1 aliphatic heterocycles. The zero-order valence-electron chi connectivity index (χ0n) is 15.4. The summed E-state index contributed by atoms with van der Waals surface area (Å²) in [5.74, 6) is 0.948. The van der Waals surface area contributed by atoms with Gasteiger partial charge < -0.3 is 24.6 Å². The highest BCUT2D eigenvalue weighted by Gasteiger charge is 2.34. The van der Waals surface area contributed by atoms with Gasteiger partial charge in [-0.1, -0.05) is 6.07 Å². The van der Waals surface area contributed by atoms with Crippen LogP contribution in [0.4, 0.5) is 0 Å². The molecule has 1 aliphatic rings. The van der Waals surface area contributed by atoms with Crippen molar-refractivity contribution in [3.8, 4) is 11.5 Å². The molecule has 1 aromatic carbocycles. The van der Waals surface area contributed by atoms with E-state index in [9.17, 15) is 9.59 Å². The normalized spacial score (nSPS) is 17.1. The van der Waals surface area contributed by atoms with Crippen molar-refractivity contribution in [2.24, 2.45) is 5.92 Å². The number of rotatable bonds is 8. The molecular weight excluding hydrogens is 322 g/mol. The SMILES string of the molecule is COc1ccc(CN2CC(C(=O)NCCN(C)C)CC2=O)cc1OC. The summed E-state index contributed by atoms with van der Waals surface area (Å²) >= 11 is 0. The molecule has 1 atom stereocenters. The Labute approximate surface area is 148 Å². The average Bonchev–Trinajstić information content (AvgIpc) is 2.95. The van der Waals surface area contributed by atoms with Crippen molar-refractivity contribution in [1.82, 2.24) is 15.1 Å². The molecule has 1 fully saturated rings. The number of carbonyl (C=O) groups excluding carboxylic acids is 2. The zero-order chi connectivity index (χ0) is 18.4. The molecule has 0 bridgehead atoms. The van der Waals surface area contributed by atoms with Gasteiger partial charge in [0, 0.05) is 32.6 Å². The number of hydrogen-bond acceptors (Lipinski definition) is 5. The first-order valence-corrected chi connectivity index (χ1v) is 8.35. The standard InChI is InChI=1S/C18H27N3O4/c1-20(2)8-7-19-18(23)14-10-17(22)21(12-14)11-13-5-6-15(24-3)16(9-13)25-4/h5-6,9,14H,7-8,10-12H2,1-4H3,(H,19,23). The smallest absolute Gasteiger partial charge is 0.225 e. The van der Waals surface area contributed by atoms with E-state index in [1.807, 2.05) is 37.2 Å². The van der Waals surface area contributed by atoms with Crippen LogP contribution in [0.1, 0.15) is 12.0 Å². The summed E-state index contributed by atoms with van der Waals surface area (Å²) in [4.78, 5) is 28.2. The molecule has 1 aromatic rings. The first kappa shape index (κ1) is 19.1. The minimum absolute atomic E-state index is 0.00236. The minimum atomic E-state index is -0.283. The van der Waals surface area contributed by atoms with E-state index in [1.165, 1.54) is 0 Å². The highest BCUT2D eigenvalue weighted by atomic mass is 16.5. The van der Waals surface area contributed by atoms with Gasteiger partial charge in [0.05, 0.1) is 20.1 Å². The second kappa shape index (κ2) is 8.71. The summed E-state index contributed by atoms with van der Waals surface area (Å²) in [6.07, 6.45) is 0.265. The van der Waals surface area contributed by atoms with E-state index in [4.69, 9.17) is 9.47 Å². The number of likely N-dealkylation sites (tertiary alicyclic amines) is 1. The highest BCUT2D eigenvalue weighted by molar-refractivity contribution is 5.89. The Morgan fingerprint density at radius 2 is 2.00 bits per heavy atom. The van der Waals surface area contributed by atoms with Crippen molar-refractivity contribution in [1.29, 1.82) is 0 Å². The second-order valence-corrected chi connectivity index (χ2v) is 6.46. The number of nitrogens with zero attached hydrogens (tertiary/aromatic N) is 2. The lowest BCUT2D eigenvalue weighted by Gasteiger charge is -2.18. The number of nitrogens with one attached hydrogen (secondary N) is 1. The number of ether oxygens (including phenoxy) is 2. The highest BCUT2D eigenvalue weighted by Crippen LogP contribution is 2.29. The first-order valence-electron chi connectivity index (χ1n) is 8.35. The van der Waals surface area contributed by atoms with Crippen molar-refractivity contribution in [3.05, 3.63) is 23.8 Å². The Morgan fingerprint density at radius 3 is 2.64 bits per heavy atom. The van der Waals surface area contributed by atoms with Crippen molar-refractivity contribution < 1.29 is 19.1 Å². The van der Waals surface area contributed by atoms with Gasteiger partial charge in [0.2, 0.25) is 11.8 Å². The quantitative estimate of drug-likeness (QED) is 0.749. The van der Waals surface area contributed by atoms with Crippen LogP contribution in [0.5, 0.6) is 11.5 Å². The number of methoxy groups -OCH3 is 2. The van der Waals surface area contributed by atoms with Gasteiger partial charge >= 0.3 is 0 Å². The Balaban J connectivity index is 1.93. The second-order valence-electron chi connectivity index (χ2n) is 6.46. The van der Waals surface area contributed by atoms with Crippen LogP contribution in [0, 0.1) is 5.92 Å². The fraction of sp³-hybridized carbons (Fsp3) is 0.556. The van der Waals surface area contributed by atoms with Crippen LogP contribution >= 0.6 is 0 Å². The molecule has 0 saturated carbocycles. The summed E-state index contributed by atoms with van der Waals surface area (Å²) in [6.45, 7) is 2.27. The molecule has 1 unspecified atom stereocenters. The number of likely N-dealkylation sites (N-methyl/N-ethyl adjacent to an activating group) is 1. The molecule has 1 saturated heterocycles. The summed E-state index contributed by atoms with van der Waals surface area (Å²) in [6, 6.07) is 5.58. The van der Waals surface area contributed by atoms with Gasteiger partial charge in [0.25, 0.3) is 0 Å². The van der Waals surface area contributed by atoms with E-state index in [-0.39, 0.29) is 24.2 Å². The number of benzene rings is 1. The van der Waals surface area contributed by atoms with Gasteiger partial charge in [-0.15, -0.1) is 0 Å². The Bertz CT molecular complexity index is 618. The predicted octanol–water partition coefficient (Wildman–Crippen LogP) is 0.730. The van der Waals surface area contributed by atoms with Crippen LogP contribution in [0.2, 0.25) is 0 Å². The monoisotopic (exact) mass is 349 g/mol. The Kier molecular flexibility index (Phi) is 6.64. The third-order valence-corrected chi connectivity index (χ3v) is 4.26. The van der Waals surface area contributed by atoms with Gasteiger partial charge in [-0.3, -0.25) is 9.59 Å². The van der Waals surface area contributed by atoms with Crippen LogP contribution in [-0.4, -0.2) is 69.6 Å².